The molecule has 0 radical (unpaired) electrons. The van der Waals surface area contributed by atoms with E-state index in [1.54, 1.807) is 38.1 Å². The van der Waals surface area contributed by atoms with Gasteiger partial charge in [0.2, 0.25) is 15.9 Å². The number of ketones is 1. The second-order valence-electron chi connectivity index (χ2n) is 14.5. The van der Waals surface area contributed by atoms with Gasteiger partial charge < -0.3 is 10.1 Å². The molecule has 0 aromatic heterocycles. The molecule has 0 bridgehead atoms. The van der Waals surface area contributed by atoms with Gasteiger partial charge in [0.05, 0.1) is 16.8 Å². The lowest BCUT2D eigenvalue weighted by molar-refractivity contribution is -0.130. The summed E-state index contributed by atoms with van der Waals surface area (Å²) >= 11 is 0. The van der Waals surface area contributed by atoms with Gasteiger partial charge in [-0.1, -0.05) is 38.0 Å². The average molecular weight is 659 g/mol. The van der Waals surface area contributed by atoms with Crippen LogP contribution in [0.2, 0.25) is 0 Å². The summed E-state index contributed by atoms with van der Waals surface area (Å²) in [7, 11) is -3.85. The fraction of sp³-hybridized carbons (Fsp3) is 0.611. The van der Waals surface area contributed by atoms with Crippen LogP contribution in [0.5, 0.6) is 5.75 Å². The Kier molecular flexibility index (Phi) is 9.73. The molecule has 2 aromatic carbocycles. The van der Waals surface area contributed by atoms with Crippen LogP contribution in [0.25, 0.3) is 11.1 Å². The summed E-state index contributed by atoms with van der Waals surface area (Å²) in [6.45, 7) is 8.26. The number of halogens is 2. The molecule has 5 rings (SSSR count). The van der Waals surface area contributed by atoms with Crippen molar-refractivity contribution < 1.29 is 31.5 Å². The number of amides is 1. The number of carbonyl (C=O) groups is 2. The Labute approximate surface area is 272 Å². The molecule has 7 nitrogen and oxygen atoms in total. The molecule has 3 aliphatic rings. The number of ether oxygens (including phenoxy) is 1. The Hall–Kier alpha value is -2.85. The highest BCUT2D eigenvalue weighted by Crippen LogP contribution is 2.45. The molecule has 1 unspecified atom stereocenters. The second kappa shape index (κ2) is 13.0. The summed E-state index contributed by atoms with van der Waals surface area (Å²) in [6.07, 6.45) is 6.72. The van der Waals surface area contributed by atoms with Crippen molar-refractivity contribution in [3.05, 3.63) is 53.3 Å². The molecule has 2 aromatic rings. The van der Waals surface area contributed by atoms with Crippen molar-refractivity contribution in [2.75, 3.05) is 6.54 Å². The molecule has 252 valence electrons. The van der Waals surface area contributed by atoms with Gasteiger partial charge in [0, 0.05) is 30.5 Å². The third-order valence-corrected chi connectivity index (χ3v) is 12.3. The number of sulfonamides is 1. The predicted octanol–water partition coefficient (Wildman–Crippen LogP) is 6.71. The Morgan fingerprint density at radius 2 is 1.83 bits per heavy atom. The maximum atomic E-state index is 15.8. The van der Waals surface area contributed by atoms with Crippen LogP contribution < -0.4 is 14.8 Å². The lowest BCUT2D eigenvalue weighted by Crippen LogP contribution is -2.45. The van der Waals surface area contributed by atoms with E-state index in [9.17, 15) is 22.4 Å². The smallest absolute Gasteiger partial charge is 0.243 e. The molecule has 1 amide bonds. The fourth-order valence-electron chi connectivity index (χ4n) is 7.45. The van der Waals surface area contributed by atoms with Gasteiger partial charge in [-0.15, -0.1) is 0 Å². The van der Waals surface area contributed by atoms with E-state index in [4.69, 9.17) is 4.74 Å². The predicted molar refractivity (Wildman–Crippen MR) is 175 cm³/mol. The van der Waals surface area contributed by atoms with E-state index in [1.807, 2.05) is 13.0 Å². The van der Waals surface area contributed by atoms with E-state index < -0.39 is 32.3 Å². The first kappa shape index (κ1) is 34.5. The summed E-state index contributed by atoms with van der Waals surface area (Å²) in [6, 6.07) is 10.1. The Morgan fingerprint density at radius 1 is 1.11 bits per heavy atom. The average Bonchev–Trinajstić information content (AvgIpc) is 3.73. The molecule has 2 saturated carbocycles. The van der Waals surface area contributed by atoms with Crippen molar-refractivity contribution >= 4 is 21.7 Å². The van der Waals surface area contributed by atoms with E-state index in [1.165, 1.54) is 19.9 Å². The van der Waals surface area contributed by atoms with Crippen molar-refractivity contribution in [3.63, 3.8) is 0 Å². The van der Waals surface area contributed by atoms with Crippen LogP contribution in [0.4, 0.5) is 8.78 Å². The van der Waals surface area contributed by atoms with Crippen molar-refractivity contribution in [3.8, 4) is 16.9 Å². The van der Waals surface area contributed by atoms with Crippen molar-refractivity contribution in [2.24, 2.45) is 5.92 Å². The zero-order valence-electron chi connectivity index (χ0n) is 27.7. The normalized spacial score (nSPS) is 24.5. The molecule has 3 fully saturated rings. The zero-order valence-corrected chi connectivity index (χ0v) is 28.5. The molecular formula is C36H48F2N2O5S. The topological polar surface area (TPSA) is 102 Å². The van der Waals surface area contributed by atoms with Gasteiger partial charge in [0.1, 0.15) is 11.6 Å². The molecule has 2 aliphatic carbocycles. The highest BCUT2D eigenvalue weighted by molar-refractivity contribution is 7.90. The minimum absolute atomic E-state index is 0.0129. The Bertz CT molecular complexity index is 1580. The van der Waals surface area contributed by atoms with E-state index in [2.05, 4.69) is 10.0 Å². The quantitative estimate of drug-likeness (QED) is 0.279. The van der Waals surface area contributed by atoms with Gasteiger partial charge in [0.15, 0.2) is 11.5 Å². The molecule has 2 N–H and O–H groups in total. The lowest BCUT2D eigenvalue weighted by atomic mass is 9.82. The number of hydrogen-bond acceptors (Lipinski definition) is 6. The first-order valence-electron chi connectivity index (χ1n) is 16.7. The molecule has 1 aliphatic heterocycles. The van der Waals surface area contributed by atoms with Gasteiger partial charge >= 0.3 is 0 Å². The number of carbonyl (C=O) groups excluding carboxylic acids is 2. The number of hydrogen-bond donors (Lipinski definition) is 2. The van der Waals surface area contributed by atoms with Crippen LogP contribution >= 0.6 is 0 Å². The summed E-state index contributed by atoms with van der Waals surface area (Å²) < 4.78 is 64.5. The number of rotatable bonds is 11. The largest absolute Gasteiger partial charge is 0.490 e. The van der Waals surface area contributed by atoms with Gasteiger partial charge in [-0.25, -0.2) is 17.2 Å². The van der Waals surface area contributed by atoms with Crippen LogP contribution in [-0.2, 0) is 31.4 Å². The number of benzene rings is 2. The Balaban J connectivity index is 1.36. The van der Waals surface area contributed by atoms with Gasteiger partial charge in [-0.2, -0.15) is 0 Å². The maximum Gasteiger partial charge on any atom is 0.243 e. The monoisotopic (exact) mass is 658 g/mol. The highest BCUT2D eigenvalue weighted by atomic mass is 32.2. The van der Waals surface area contributed by atoms with Crippen LogP contribution in [0.1, 0.15) is 104 Å². The third-order valence-electron chi connectivity index (χ3n) is 10.6. The van der Waals surface area contributed by atoms with Crippen molar-refractivity contribution in [2.45, 2.75) is 127 Å². The third kappa shape index (κ3) is 6.89. The standard InChI is InChI=1S/C36H48F2N2O5S/c1-6-27-28(10-9-11-30(27)37)29-20-25(34(4,5)33(42)40-46(43,44)23(2)3)13-15-31(29)45-26-14-12-24(18-26)19-32(41)36(38)21-35(39-22-36)16-7-8-17-35/h9-11,13,15,20,23-24,26,39H,6-8,12,14,16-19,21-22H2,1-5H3,(H,40,42)/t24-,26?,36-/m1/s1. The molecule has 1 heterocycles. The summed E-state index contributed by atoms with van der Waals surface area (Å²) in [5, 5.41) is 2.56. The number of nitrogens with one attached hydrogen (secondary N) is 2. The zero-order chi connectivity index (χ0) is 33.5. The summed E-state index contributed by atoms with van der Waals surface area (Å²) in [5.41, 5.74) is -0.989. The maximum absolute atomic E-state index is 15.8. The molecule has 10 heteroatoms. The van der Waals surface area contributed by atoms with Crippen LogP contribution in [0, 0.1) is 11.7 Å². The van der Waals surface area contributed by atoms with Gasteiger partial charge in [-0.05, 0) is 107 Å². The summed E-state index contributed by atoms with van der Waals surface area (Å²) in [4.78, 5) is 26.5. The van der Waals surface area contributed by atoms with E-state index in [-0.39, 0.29) is 48.5 Å². The minimum Gasteiger partial charge on any atom is -0.490 e. The molecule has 46 heavy (non-hydrogen) atoms. The Morgan fingerprint density at radius 3 is 2.50 bits per heavy atom. The molecule has 1 spiro atoms. The van der Waals surface area contributed by atoms with Crippen molar-refractivity contribution in [1.82, 2.24) is 10.0 Å². The van der Waals surface area contributed by atoms with Gasteiger partial charge in [-0.3, -0.25) is 14.3 Å². The second-order valence-corrected chi connectivity index (χ2v) is 16.7. The van der Waals surface area contributed by atoms with Crippen LogP contribution in [0.15, 0.2) is 36.4 Å². The lowest BCUT2D eigenvalue weighted by Gasteiger charge is -2.27. The van der Waals surface area contributed by atoms with E-state index in [0.29, 0.717) is 47.3 Å². The number of alkyl halides is 1. The highest BCUT2D eigenvalue weighted by Gasteiger charge is 2.53. The first-order chi connectivity index (χ1) is 21.6. The SMILES string of the molecule is CCc1c(F)cccc1-c1cc(C(C)(C)C(=O)NS(=O)(=O)C(C)C)ccc1OC1CC[C@@H](CC(=O)[C@]2(F)CNC3(CCCC3)C2)C1. The minimum atomic E-state index is -3.85. The van der Waals surface area contributed by atoms with Crippen molar-refractivity contribution in [1.29, 1.82) is 0 Å². The molecule has 1 saturated heterocycles. The fourth-order valence-corrected chi connectivity index (χ4v) is 8.19. The number of Topliss-reactive ketones (excluding diaryl/α,β-unsaturated/α-hetero) is 1. The van der Waals surface area contributed by atoms with E-state index >= 15 is 4.39 Å². The molecule has 3 atom stereocenters. The van der Waals surface area contributed by atoms with Crippen LogP contribution in [-0.4, -0.2) is 49.2 Å². The summed E-state index contributed by atoms with van der Waals surface area (Å²) in [5.74, 6) is -0.805. The van der Waals surface area contributed by atoms with Gasteiger partial charge in [0.25, 0.3) is 0 Å². The van der Waals surface area contributed by atoms with Crippen LogP contribution in [0.3, 0.4) is 0 Å². The first-order valence-corrected chi connectivity index (χ1v) is 18.3. The van der Waals surface area contributed by atoms with E-state index in [0.717, 1.165) is 32.1 Å². The molecular weight excluding hydrogens is 610 g/mol.